The van der Waals surface area contributed by atoms with E-state index < -0.39 is 0 Å². The van der Waals surface area contributed by atoms with Crippen LogP contribution < -0.4 is 0 Å². The second-order valence-corrected chi connectivity index (χ2v) is 3.95. The van der Waals surface area contributed by atoms with E-state index in [1.54, 1.807) is 0 Å². The summed E-state index contributed by atoms with van der Waals surface area (Å²) in [6, 6.07) is 0. The van der Waals surface area contributed by atoms with Crippen molar-refractivity contribution in [2.75, 3.05) is 26.4 Å². The van der Waals surface area contributed by atoms with Crippen molar-refractivity contribution in [3.05, 3.63) is 0 Å². The smallest absolute Gasteiger partial charge is 0.0462 e. The van der Waals surface area contributed by atoms with Gasteiger partial charge >= 0.3 is 0 Å². The van der Waals surface area contributed by atoms with Gasteiger partial charge in [-0.05, 0) is 38.5 Å². The lowest BCUT2D eigenvalue weighted by atomic mass is 9.80. The average Bonchev–Trinajstić information content (AvgIpc) is 2.31. The molecule has 0 amide bonds. The predicted octanol–water partition coefficient (Wildman–Crippen LogP) is 1.82. The molecule has 92 valence electrons. The SMILES string of the molecule is CCOCC.OC[C@@H]1CCCC[C@@H]1CO. The Morgan fingerprint density at radius 3 is 1.53 bits per heavy atom. The third kappa shape index (κ3) is 6.88. The van der Waals surface area contributed by atoms with Crippen molar-refractivity contribution in [3.8, 4) is 0 Å². The molecule has 1 aliphatic carbocycles. The van der Waals surface area contributed by atoms with E-state index in [1.807, 2.05) is 13.8 Å². The molecule has 3 heteroatoms. The van der Waals surface area contributed by atoms with Gasteiger partial charge in [0, 0.05) is 26.4 Å². The Kier molecular flexibility index (Phi) is 10.3. The zero-order valence-electron chi connectivity index (χ0n) is 10.1. The number of aliphatic hydroxyl groups is 2. The zero-order valence-corrected chi connectivity index (χ0v) is 10.1. The Hall–Kier alpha value is -0.120. The lowest BCUT2D eigenvalue weighted by Gasteiger charge is -2.28. The summed E-state index contributed by atoms with van der Waals surface area (Å²) in [6.07, 6.45) is 4.65. The van der Waals surface area contributed by atoms with E-state index in [-0.39, 0.29) is 13.2 Å². The van der Waals surface area contributed by atoms with Crippen molar-refractivity contribution < 1.29 is 14.9 Å². The van der Waals surface area contributed by atoms with Gasteiger partial charge in [-0.2, -0.15) is 0 Å². The second-order valence-electron chi connectivity index (χ2n) is 3.95. The van der Waals surface area contributed by atoms with Crippen molar-refractivity contribution in [3.63, 3.8) is 0 Å². The van der Waals surface area contributed by atoms with Crippen molar-refractivity contribution in [2.45, 2.75) is 39.5 Å². The van der Waals surface area contributed by atoms with Gasteiger partial charge in [0.15, 0.2) is 0 Å². The molecule has 0 aromatic rings. The fourth-order valence-corrected chi connectivity index (χ4v) is 1.97. The molecule has 0 spiro atoms. The minimum atomic E-state index is 0.255. The van der Waals surface area contributed by atoms with Crippen LogP contribution in [0.15, 0.2) is 0 Å². The van der Waals surface area contributed by atoms with E-state index in [9.17, 15) is 0 Å². The highest BCUT2D eigenvalue weighted by Gasteiger charge is 2.23. The monoisotopic (exact) mass is 218 g/mol. The third-order valence-electron chi connectivity index (χ3n) is 2.94. The maximum absolute atomic E-state index is 8.88. The molecule has 1 rings (SSSR count). The number of hydrogen-bond donors (Lipinski definition) is 2. The molecular weight excluding hydrogens is 192 g/mol. The molecule has 0 bridgehead atoms. The Morgan fingerprint density at radius 2 is 1.33 bits per heavy atom. The number of aliphatic hydroxyl groups excluding tert-OH is 2. The van der Waals surface area contributed by atoms with E-state index in [0.717, 1.165) is 26.1 Å². The number of rotatable bonds is 4. The molecule has 2 N–H and O–H groups in total. The van der Waals surface area contributed by atoms with Crippen LogP contribution in [0.25, 0.3) is 0 Å². The number of ether oxygens (including phenoxy) is 1. The van der Waals surface area contributed by atoms with Crippen molar-refractivity contribution in [1.82, 2.24) is 0 Å². The Balaban J connectivity index is 0.000000336. The molecule has 1 fully saturated rings. The summed E-state index contributed by atoms with van der Waals surface area (Å²) < 4.78 is 4.83. The van der Waals surface area contributed by atoms with Crippen LogP contribution in [0.2, 0.25) is 0 Å². The van der Waals surface area contributed by atoms with Crippen molar-refractivity contribution in [2.24, 2.45) is 11.8 Å². The molecule has 2 atom stereocenters. The van der Waals surface area contributed by atoms with E-state index in [2.05, 4.69) is 0 Å². The van der Waals surface area contributed by atoms with Crippen LogP contribution >= 0.6 is 0 Å². The molecule has 3 nitrogen and oxygen atoms in total. The first-order valence-corrected chi connectivity index (χ1v) is 6.09. The van der Waals surface area contributed by atoms with E-state index in [1.165, 1.54) is 12.8 Å². The maximum atomic E-state index is 8.88. The molecule has 0 radical (unpaired) electrons. The molecule has 1 saturated carbocycles. The first-order valence-electron chi connectivity index (χ1n) is 6.09. The Bertz CT molecular complexity index is 114. The highest BCUT2D eigenvalue weighted by Crippen LogP contribution is 2.28. The van der Waals surface area contributed by atoms with Gasteiger partial charge in [-0.1, -0.05) is 12.8 Å². The third-order valence-corrected chi connectivity index (χ3v) is 2.94. The maximum Gasteiger partial charge on any atom is 0.0462 e. The van der Waals surface area contributed by atoms with Gasteiger partial charge < -0.3 is 14.9 Å². The van der Waals surface area contributed by atoms with Crippen molar-refractivity contribution >= 4 is 0 Å². The van der Waals surface area contributed by atoms with Gasteiger partial charge in [-0.15, -0.1) is 0 Å². The van der Waals surface area contributed by atoms with Gasteiger partial charge in [0.1, 0.15) is 0 Å². The zero-order chi connectivity index (χ0) is 11.5. The fraction of sp³-hybridized carbons (Fsp3) is 1.00. The van der Waals surface area contributed by atoms with Gasteiger partial charge in [0.05, 0.1) is 0 Å². The summed E-state index contributed by atoms with van der Waals surface area (Å²) in [5.74, 6) is 0.748. The van der Waals surface area contributed by atoms with E-state index in [4.69, 9.17) is 14.9 Å². The molecular formula is C12H26O3. The van der Waals surface area contributed by atoms with Gasteiger partial charge in [-0.25, -0.2) is 0 Å². The first kappa shape index (κ1) is 14.9. The minimum Gasteiger partial charge on any atom is -0.396 e. The molecule has 0 heterocycles. The van der Waals surface area contributed by atoms with Crippen LogP contribution in [0.3, 0.4) is 0 Å². The Labute approximate surface area is 93.5 Å². The highest BCUT2D eigenvalue weighted by atomic mass is 16.5. The van der Waals surface area contributed by atoms with Crippen LogP contribution in [0.5, 0.6) is 0 Å². The van der Waals surface area contributed by atoms with Gasteiger partial charge in [-0.3, -0.25) is 0 Å². The summed E-state index contributed by atoms with van der Waals surface area (Å²) in [7, 11) is 0. The molecule has 0 saturated heterocycles. The van der Waals surface area contributed by atoms with E-state index in [0.29, 0.717) is 11.8 Å². The van der Waals surface area contributed by atoms with Gasteiger partial charge in [0.25, 0.3) is 0 Å². The lowest BCUT2D eigenvalue weighted by Crippen LogP contribution is -2.25. The molecule has 0 aliphatic heterocycles. The molecule has 15 heavy (non-hydrogen) atoms. The topological polar surface area (TPSA) is 49.7 Å². The predicted molar refractivity (Wildman–Crippen MR) is 61.8 cm³/mol. The van der Waals surface area contributed by atoms with Crippen LogP contribution in [0.1, 0.15) is 39.5 Å². The summed E-state index contributed by atoms with van der Waals surface area (Å²) in [6.45, 7) is 6.18. The van der Waals surface area contributed by atoms with Crippen molar-refractivity contribution in [1.29, 1.82) is 0 Å². The minimum absolute atomic E-state index is 0.255. The standard InChI is InChI=1S/C8H16O2.C4H10O/c9-5-7-3-1-2-4-8(7)6-10;1-3-5-4-2/h7-10H,1-6H2;3-4H2,1-2H3/t7-,8+;. The molecule has 0 aromatic heterocycles. The first-order chi connectivity index (χ1) is 7.29. The largest absolute Gasteiger partial charge is 0.396 e. The molecule has 0 unspecified atom stereocenters. The fourth-order valence-electron chi connectivity index (χ4n) is 1.97. The van der Waals surface area contributed by atoms with Crippen LogP contribution in [0.4, 0.5) is 0 Å². The number of hydrogen-bond acceptors (Lipinski definition) is 3. The summed E-state index contributed by atoms with van der Waals surface area (Å²) >= 11 is 0. The highest BCUT2D eigenvalue weighted by molar-refractivity contribution is 4.73. The average molecular weight is 218 g/mol. The quantitative estimate of drug-likeness (QED) is 0.756. The summed E-state index contributed by atoms with van der Waals surface area (Å²) in [5, 5.41) is 17.8. The van der Waals surface area contributed by atoms with E-state index >= 15 is 0 Å². The lowest BCUT2D eigenvalue weighted by molar-refractivity contribution is 0.0869. The normalized spacial score (nSPS) is 25.6. The Morgan fingerprint density at radius 1 is 0.933 bits per heavy atom. The summed E-state index contributed by atoms with van der Waals surface area (Å²) in [5.41, 5.74) is 0. The summed E-state index contributed by atoms with van der Waals surface area (Å²) in [4.78, 5) is 0. The van der Waals surface area contributed by atoms with Crippen LogP contribution in [-0.4, -0.2) is 36.6 Å². The molecule has 1 aliphatic rings. The second kappa shape index (κ2) is 10.4. The molecule has 0 aromatic carbocycles. The van der Waals surface area contributed by atoms with Crippen LogP contribution in [0, 0.1) is 11.8 Å². The van der Waals surface area contributed by atoms with Crippen LogP contribution in [-0.2, 0) is 4.74 Å². The van der Waals surface area contributed by atoms with Gasteiger partial charge in [0.2, 0.25) is 0 Å².